The van der Waals surface area contributed by atoms with Gasteiger partial charge in [-0.05, 0) is 38.2 Å². The summed E-state index contributed by atoms with van der Waals surface area (Å²) >= 11 is 0. The van der Waals surface area contributed by atoms with Crippen LogP contribution in [0, 0.1) is 18.3 Å². The Morgan fingerprint density at radius 3 is 2.80 bits per heavy atom. The van der Waals surface area contributed by atoms with E-state index < -0.39 is 0 Å². The average Bonchev–Trinajstić information content (AvgIpc) is 3.24. The van der Waals surface area contributed by atoms with Crippen molar-refractivity contribution in [1.29, 1.82) is 5.26 Å². The van der Waals surface area contributed by atoms with Crippen LogP contribution in [0.1, 0.15) is 49.0 Å². The van der Waals surface area contributed by atoms with E-state index in [0.29, 0.717) is 6.04 Å². The molecule has 6 heteroatoms. The van der Waals surface area contributed by atoms with E-state index in [0.717, 1.165) is 49.4 Å². The third-order valence-electron chi connectivity index (χ3n) is 5.37. The van der Waals surface area contributed by atoms with Crippen molar-refractivity contribution in [2.24, 2.45) is 0 Å². The van der Waals surface area contributed by atoms with Gasteiger partial charge in [-0.1, -0.05) is 30.3 Å². The van der Waals surface area contributed by atoms with Gasteiger partial charge in [-0.3, -0.25) is 5.10 Å². The van der Waals surface area contributed by atoms with E-state index in [1.165, 1.54) is 0 Å². The van der Waals surface area contributed by atoms with Crippen LogP contribution < -0.4 is 5.32 Å². The minimum absolute atomic E-state index is 0.000610. The summed E-state index contributed by atoms with van der Waals surface area (Å²) in [5.41, 5.74) is 0.807. The van der Waals surface area contributed by atoms with Crippen LogP contribution in [-0.4, -0.2) is 33.9 Å². The van der Waals surface area contributed by atoms with Crippen LogP contribution in [0.2, 0.25) is 0 Å². The highest BCUT2D eigenvalue weighted by atomic mass is 16.5. The summed E-state index contributed by atoms with van der Waals surface area (Å²) in [5, 5.41) is 20.3. The Kier molecular flexibility index (Phi) is 4.28. The van der Waals surface area contributed by atoms with Gasteiger partial charge in [0.1, 0.15) is 11.9 Å². The number of rotatable bonds is 5. The zero-order valence-electron chi connectivity index (χ0n) is 14.4. The SMILES string of the molecule is Cc1nc([C@@H]2CC[C@H](CNC3CC(C#N)(c4ccccc4)C3)O2)n[nH]1. The summed E-state index contributed by atoms with van der Waals surface area (Å²) in [5.74, 6) is 1.58. The van der Waals surface area contributed by atoms with E-state index in [-0.39, 0.29) is 17.6 Å². The second-order valence-electron chi connectivity index (χ2n) is 7.18. The van der Waals surface area contributed by atoms with Crippen molar-refractivity contribution in [2.45, 2.75) is 56.3 Å². The summed E-state index contributed by atoms with van der Waals surface area (Å²) in [4.78, 5) is 4.37. The minimum atomic E-state index is -0.325. The first-order valence-electron chi connectivity index (χ1n) is 8.93. The number of nitriles is 1. The molecule has 2 aliphatic rings. The molecule has 2 aromatic rings. The van der Waals surface area contributed by atoms with Crippen molar-refractivity contribution in [2.75, 3.05) is 6.54 Å². The third kappa shape index (κ3) is 3.17. The number of nitrogens with one attached hydrogen (secondary N) is 2. The molecule has 2 heterocycles. The van der Waals surface area contributed by atoms with Gasteiger partial charge in [0.2, 0.25) is 0 Å². The first kappa shape index (κ1) is 16.2. The zero-order valence-corrected chi connectivity index (χ0v) is 14.4. The topological polar surface area (TPSA) is 86.6 Å². The van der Waals surface area contributed by atoms with Crippen molar-refractivity contribution < 1.29 is 4.74 Å². The number of H-pyrrole nitrogens is 1. The molecule has 1 aromatic carbocycles. The Labute approximate surface area is 147 Å². The molecule has 0 spiro atoms. The van der Waals surface area contributed by atoms with Crippen LogP contribution in [0.3, 0.4) is 0 Å². The molecule has 0 amide bonds. The largest absolute Gasteiger partial charge is 0.366 e. The number of aryl methyl sites for hydroxylation is 1. The maximum atomic E-state index is 9.63. The van der Waals surface area contributed by atoms with Crippen LogP contribution in [0.15, 0.2) is 30.3 Å². The van der Waals surface area contributed by atoms with Crippen LogP contribution in [0.4, 0.5) is 0 Å². The highest BCUT2D eigenvalue weighted by Gasteiger charge is 2.46. The molecular formula is C19H23N5O. The normalized spacial score (nSPS) is 31.4. The molecule has 0 unspecified atom stereocenters. The molecule has 4 rings (SSSR count). The lowest BCUT2D eigenvalue weighted by molar-refractivity contribution is 0.0353. The molecule has 2 fully saturated rings. The fourth-order valence-corrected chi connectivity index (χ4v) is 3.92. The molecule has 1 saturated carbocycles. The van der Waals surface area contributed by atoms with Gasteiger partial charge in [0.05, 0.1) is 17.6 Å². The second kappa shape index (κ2) is 6.58. The zero-order chi connectivity index (χ0) is 17.3. The molecule has 1 aliphatic heterocycles. The minimum Gasteiger partial charge on any atom is -0.366 e. The molecule has 0 radical (unpaired) electrons. The maximum Gasteiger partial charge on any atom is 0.179 e. The third-order valence-corrected chi connectivity index (χ3v) is 5.37. The standard InChI is InChI=1S/C19H23N5O/c1-13-22-18(24-23-13)17-8-7-16(25-17)11-21-15-9-19(10-15,12-20)14-5-3-2-4-6-14/h2-6,15-17,21H,7-11H2,1H3,(H,22,23,24)/t15?,16-,17+,19?/m1/s1. The smallest absolute Gasteiger partial charge is 0.179 e. The Morgan fingerprint density at radius 2 is 2.12 bits per heavy atom. The lowest BCUT2D eigenvalue weighted by Crippen LogP contribution is -2.52. The fraction of sp³-hybridized carbons (Fsp3) is 0.526. The van der Waals surface area contributed by atoms with Crippen molar-refractivity contribution in [3.63, 3.8) is 0 Å². The Balaban J connectivity index is 1.26. The van der Waals surface area contributed by atoms with E-state index >= 15 is 0 Å². The first-order chi connectivity index (χ1) is 12.2. The summed E-state index contributed by atoms with van der Waals surface area (Å²) < 4.78 is 6.07. The predicted octanol–water partition coefficient (Wildman–Crippen LogP) is 2.55. The van der Waals surface area contributed by atoms with E-state index in [4.69, 9.17) is 4.74 Å². The number of ether oxygens (including phenoxy) is 1. The number of nitrogens with zero attached hydrogens (tertiary/aromatic N) is 3. The molecule has 1 aliphatic carbocycles. The predicted molar refractivity (Wildman–Crippen MR) is 92.7 cm³/mol. The van der Waals surface area contributed by atoms with Crippen LogP contribution in [0.5, 0.6) is 0 Å². The molecule has 6 nitrogen and oxygen atoms in total. The Morgan fingerprint density at radius 1 is 1.32 bits per heavy atom. The van der Waals surface area contributed by atoms with Crippen molar-refractivity contribution in [3.8, 4) is 6.07 Å². The van der Waals surface area contributed by atoms with Crippen molar-refractivity contribution in [3.05, 3.63) is 47.5 Å². The first-order valence-corrected chi connectivity index (χ1v) is 8.93. The van der Waals surface area contributed by atoms with E-state index in [1.807, 2.05) is 25.1 Å². The molecule has 25 heavy (non-hydrogen) atoms. The van der Waals surface area contributed by atoms with Gasteiger partial charge >= 0.3 is 0 Å². The average molecular weight is 337 g/mol. The van der Waals surface area contributed by atoms with E-state index in [9.17, 15) is 5.26 Å². The second-order valence-corrected chi connectivity index (χ2v) is 7.18. The van der Waals surface area contributed by atoms with Gasteiger partial charge in [-0.2, -0.15) is 10.4 Å². The maximum absolute atomic E-state index is 9.63. The van der Waals surface area contributed by atoms with Gasteiger partial charge in [-0.25, -0.2) is 4.98 Å². The van der Waals surface area contributed by atoms with Crippen molar-refractivity contribution >= 4 is 0 Å². The number of aromatic amines is 1. The molecule has 0 bridgehead atoms. The van der Waals surface area contributed by atoms with Gasteiger partial charge in [0.15, 0.2) is 5.82 Å². The summed E-state index contributed by atoms with van der Waals surface area (Å²) in [7, 11) is 0. The monoisotopic (exact) mass is 337 g/mol. The van der Waals surface area contributed by atoms with Crippen LogP contribution >= 0.6 is 0 Å². The molecule has 2 atom stereocenters. The van der Waals surface area contributed by atoms with E-state index in [2.05, 4.69) is 38.7 Å². The lowest BCUT2D eigenvalue weighted by atomic mass is 9.62. The van der Waals surface area contributed by atoms with Gasteiger partial charge in [-0.15, -0.1) is 0 Å². The molecule has 1 aromatic heterocycles. The molecule has 130 valence electrons. The van der Waals surface area contributed by atoms with Crippen molar-refractivity contribution in [1.82, 2.24) is 20.5 Å². The summed E-state index contributed by atoms with van der Waals surface area (Å²) in [6, 6.07) is 13.0. The number of benzene rings is 1. The lowest BCUT2D eigenvalue weighted by Gasteiger charge is -2.43. The number of hydrogen-bond donors (Lipinski definition) is 2. The van der Waals surface area contributed by atoms with Crippen LogP contribution in [-0.2, 0) is 10.2 Å². The van der Waals surface area contributed by atoms with E-state index in [1.54, 1.807) is 0 Å². The van der Waals surface area contributed by atoms with Gasteiger partial charge in [0.25, 0.3) is 0 Å². The molecule has 2 N–H and O–H groups in total. The fourth-order valence-electron chi connectivity index (χ4n) is 3.92. The quantitative estimate of drug-likeness (QED) is 0.875. The number of hydrogen-bond acceptors (Lipinski definition) is 5. The van der Waals surface area contributed by atoms with Gasteiger partial charge in [0, 0.05) is 12.6 Å². The number of aromatic nitrogens is 3. The summed E-state index contributed by atoms with van der Waals surface area (Å²) in [6.07, 6.45) is 3.90. The highest BCUT2D eigenvalue weighted by Crippen LogP contribution is 2.43. The van der Waals surface area contributed by atoms with Crippen LogP contribution in [0.25, 0.3) is 0 Å². The molecule has 1 saturated heterocycles. The summed E-state index contributed by atoms with van der Waals surface area (Å²) in [6.45, 7) is 2.72. The Hall–Kier alpha value is -2.23. The Bertz CT molecular complexity index is 760. The highest BCUT2D eigenvalue weighted by molar-refractivity contribution is 5.36. The molecular weight excluding hydrogens is 314 g/mol. The van der Waals surface area contributed by atoms with Gasteiger partial charge < -0.3 is 10.1 Å².